The van der Waals surface area contributed by atoms with Crippen LogP contribution < -0.4 is 5.32 Å². The Balaban J connectivity index is 1.88. The summed E-state index contributed by atoms with van der Waals surface area (Å²) in [6.45, 7) is 4.96. The zero-order chi connectivity index (χ0) is 11.4. The molecule has 1 aromatic carbocycles. The molecule has 1 heterocycles. The predicted octanol–water partition coefficient (Wildman–Crippen LogP) is 3.60. The number of anilines is 1. The molecular formula is C13H18BrNO. The topological polar surface area (TPSA) is 21.3 Å². The number of hydrogen-bond acceptors (Lipinski definition) is 2. The zero-order valence-corrected chi connectivity index (χ0v) is 11.2. The van der Waals surface area contributed by atoms with E-state index in [0.29, 0.717) is 5.92 Å². The minimum absolute atomic E-state index is 0.660. The summed E-state index contributed by atoms with van der Waals surface area (Å²) in [6.07, 6.45) is 2.48. The highest BCUT2D eigenvalue weighted by molar-refractivity contribution is 9.10. The van der Waals surface area contributed by atoms with Crippen molar-refractivity contribution in [3.8, 4) is 0 Å². The summed E-state index contributed by atoms with van der Waals surface area (Å²) in [5.74, 6) is 0.660. The van der Waals surface area contributed by atoms with Crippen LogP contribution in [0.25, 0.3) is 0 Å². The summed E-state index contributed by atoms with van der Waals surface area (Å²) in [4.78, 5) is 0. The van der Waals surface area contributed by atoms with Crippen LogP contribution in [0.2, 0.25) is 0 Å². The number of halogens is 1. The molecule has 88 valence electrons. The van der Waals surface area contributed by atoms with Gasteiger partial charge in [-0.3, -0.25) is 0 Å². The van der Waals surface area contributed by atoms with E-state index in [1.807, 2.05) is 0 Å². The highest BCUT2D eigenvalue weighted by atomic mass is 79.9. The van der Waals surface area contributed by atoms with E-state index < -0.39 is 0 Å². The quantitative estimate of drug-likeness (QED) is 0.915. The zero-order valence-electron chi connectivity index (χ0n) is 9.63. The summed E-state index contributed by atoms with van der Waals surface area (Å²) in [5, 5.41) is 3.49. The van der Waals surface area contributed by atoms with Gasteiger partial charge in [0.1, 0.15) is 0 Å². The molecule has 16 heavy (non-hydrogen) atoms. The Bertz CT molecular complexity index is 328. The predicted molar refractivity (Wildman–Crippen MR) is 70.9 cm³/mol. The third kappa shape index (κ3) is 3.49. The van der Waals surface area contributed by atoms with Crippen molar-refractivity contribution in [2.75, 3.05) is 25.1 Å². The van der Waals surface area contributed by atoms with Gasteiger partial charge in [-0.1, -0.05) is 15.9 Å². The van der Waals surface area contributed by atoms with Gasteiger partial charge in [-0.25, -0.2) is 0 Å². The molecule has 1 saturated heterocycles. The van der Waals surface area contributed by atoms with Crippen LogP contribution >= 0.6 is 15.9 Å². The molecule has 1 aromatic rings. The van der Waals surface area contributed by atoms with E-state index in [4.69, 9.17) is 4.74 Å². The van der Waals surface area contributed by atoms with Gasteiger partial charge in [-0.15, -0.1) is 0 Å². The lowest BCUT2D eigenvalue weighted by atomic mass is 10.0. The molecule has 0 amide bonds. The fraction of sp³-hybridized carbons (Fsp3) is 0.538. The summed E-state index contributed by atoms with van der Waals surface area (Å²) in [6, 6.07) is 6.42. The Morgan fingerprint density at radius 2 is 2.31 bits per heavy atom. The van der Waals surface area contributed by atoms with Crippen molar-refractivity contribution in [1.29, 1.82) is 0 Å². The van der Waals surface area contributed by atoms with Crippen molar-refractivity contribution >= 4 is 21.6 Å². The summed E-state index contributed by atoms with van der Waals surface area (Å²) in [7, 11) is 0. The number of ether oxygens (including phenoxy) is 1. The SMILES string of the molecule is Cc1cc(Br)cc(NCC2CCCOC2)c1. The Labute approximate surface area is 106 Å². The van der Waals surface area contributed by atoms with Crippen LogP contribution in [-0.4, -0.2) is 19.8 Å². The molecular weight excluding hydrogens is 266 g/mol. The summed E-state index contributed by atoms with van der Waals surface area (Å²) < 4.78 is 6.60. The maximum Gasteiger partial charge on any atom is 0.0511 e. The van der Waals surface area contributed by atoms with Gasteiger partial charge in [0.25, 0.3) is 0 Å². The number of hydrogen-bond donors (Lipinski definition) is 1. The first-order chi connectivity index (χ1) is 7.74. The average Bonchev–Trinajstić information content (AvgIpc) is 2.27. The maximum atomic E-state index is 5.47. The second kappa shape index (κ2) is 5.69. The van der Waals surface area contributed by atoms with Gasteiger partial charge in [-0.05, 0) is 49.4 Å². The van der Waals surface area contributed by atoms with Gasteiger partial charge in [0.05, 0.1) is 6.61 Å². The first kappa shape index (κ1) is 11.9. The number of benzene rings is 1. The third-order valence-corrected chi connectivity index (χ3v) is 3.35. The molecule has 0 aromatic heterocycles. The van der Waals surface area contributed by atoms with Crippen LogP contribution in [0, 0.1) is 12.8 Å². The summed E-state index contributed by atoms with van der Waals surface area (Å²) >= 11 is 3.51. The normalized spacial score (nSPS) is 20.8. The van der Waals surface area contributed by atoms with Crippen LogP contribution in [0.1, 0.15) is 18.4 Å². The second-order valence-electron chi connectivity index (χ2n) is 4.48. The molecule has 2 rings (SSSR count). The molecule has 0 saturated carbocycles. The lowest BCUT2D eigenvalue weighted by molar-refractivity contribution is 0.0595. The van der Waals surface area contributed by atoms with Crippen LogP contribution in [0.5, 0.6) is 0 Å². The number of aryl methyl sites for hydroxylation is 1. The van der Waals surface area contributed by atoms with Crippen LogP contribution in [0.15, 0.2) is 22.7 Å². The van der Waals surface area contributed by atoms with Gasteiger partial charge in [0, 0.05) is 23.3 Å². The van der Waals surface area contributed by atoms with Crippen molar-refractivity contribution in [2.24, 2.45) is 5.92 Å². The van der Waals surface area contributed by atoms with Gasteiger partial charge < -0.3 is 10.1 Å². The number of nitrogens with one attached hydrogen (secondary N) is 1. The molecule has 1 aliphatic rings. The average molecular weight is 284 g/mol. The van der Waals surface area contributed by atoms with E-state index in [1.54, 1.807) is 0 Å². The fourth-order valence-corrected chi connectivity index (χ4v) is 2.68. The molecule has 0 radical (unpaired) electrons. The molecule has 1 unspecified atom stereocenters. The van der Waals surface area contributed by atoms with Crippen molar-refractivity contribution in [2.45, 2.75) is 19.8 Å². The first-order valence-electron chi connectivity index (χ1n) is 5.83. The molecule has 1 N–H and O–H groups in total. The minimum atomic E-state index is 0.660. The van der Waals surface area contributed by atoms with Crippen LogP contribution in [0.3, 0.4) is 0 Å². The molecule has 3 heteroatoms. The van der Waals surface area contributed by atoms with Crippen molar-refractivity contribution in [1.82, 2.24) is 0 Å². The minimum Gasteiger partial charge on any atom is -0.385 e. The van der Waals surface area contributed by atoms with Gasteiger partial charge in [0.2, 0.25) is 0 Å². The van der Waals surface area contributed by atoms with E-state index in [0.717, 1.165) is 24.2 Å². The largest absolute Gasteiger partial charge is 0.385 e. The van der Waals surface area contributed by atoms with Crippen molar-refractivity contribution in [3.05, 3.63) is 28.2 Å². The monoisotopic (exact) mass is 283 g/mol. The lowest BCUT2D eigenvalue weighted by Crippen LogP contribution is -2.24. The third-order valence-electron chi connectivity index (χ3n) is 2.89. The van der Waals surface area contributed by atoms with Crippen molar-refractivity contribution < 1.29 is 4.74 Å². The van der Waals surface area contributed by atoms with Gasteiger partial charge in [0.15, 0.2) is 0 Å². The standard InChI is InChI=1S/C13H18BrNO/c1-10-5-12(14)7-13(6-10)15-8-11-3-2-4-16-9-11/h5-7,11,15H,2-4,8-9H2,1H3. The van der Waals surface area contributed by atoms with Gasteiger partial charge >= 0.3 is 0 Å². The Kier molecular flexibility index (Phi) is 4.24. The van der Waals surface area contributed by atoms with Gasteiger partial charge in [-0.2, -0.15) is 0 Å². The number of rotatable bonds is 3. The summed E-state index contributed by atoms with van der Waals surface area (Å²) in [5.41, 5.74) is 2.47. The molecule has 0 aliphatic carbocycles. The fourth-order valence-electron chi connectivity index (χ4n) is 2.07. The first-order valence-corrected chi connectivity index (χ1v) is 6.62. The van der Waals surface area contributed by atoms with E-state index in [9.17, 15) is 0 Å². The highest BCUT2D eigenvalue weighted by Crippen LogP contribution is 2.20. The smallest absolute Gasteiger partial charge is 0.0511 e. The van der Waals surface area contributed by atoms with Crippen molar-refractivity contribution in [3.63, 3.8) is 0 Å². The van der Waals surface area contributed by atoms with E-state index in [2.05, 4.69) is 46.4 Å². The Hall–Kier alpha value is -0.540. The molecule has 0 bridgehead atoms. The highest BCUT2D eigenvalue weighted by Gasteiger charge is 2.13. The Morgan fingerprint density at radius 1 is 1.44 bits per heavy atom. The molecule has 1 aliphatic heterocycles. The molecule has 0 spiro atoms. The second-order valence-corrected chi connectivity index (χ2v) is 5.40. The lowest BCUT2D eigenvalue weighted by Gasteiger charge is -2.22. The molecule has 1 fully saturated rings. The van der Waals surface area contributed by atoms with E-state index in [-0.39, 0.29) is 0 Å². The van der Waals surface area contributed by atoms with E-state index >= 15 is 0 Å². The maximum absolute atomic E-state index is 5.47. The van der Waals surface area contributed by atoms with E-state index in [1.165, 1.54) is 24.1 Å². The molecule has 2 nitrogen and oxygen atoms in total. The Morgan fingerprint density at radius 3 is 3.00 bits per heavy atom. The molecule has 1 atom stereocenters. The van der Waals surface area contributed by atoms with Crippen LogP contribution in [0.4, 0.5) is 5.69 Å². The van der Waals surface area contributed by atoms with Crippen LogP contribution in [-0.2, 0) is 4.74 Å².